The van der Waals surface area contributed by atoms with Gasteiger partial charge in [0.2, 0.25) is 0 Å². The van der Waals surface area contributed by atoms with E-state index in [1.54, 1.807) is 0 Å². The Bertz CT molecular complexity index is 510. The predicted molar refractivity (Wildman–Crippen MR) is 76.8 cm³/mol. The van der Waals surface area contributed by atoms with E-state index in [-0.39, 0.29) is 17.5 Å². The van der Waals surface area contributed by atoms with Crippen molar-refractivity contribution in [3.63, 3.8) is 0 Å². The smallest absolute Gasteiger partial charge is 0.244 e. The highest BCUT2D eigenvalue weighted by atomic mass is 35.5. The Kier molecular flexibility index (Phi) is 3.65. The summed E-state index contributed by atoms with van der Waals surface area (Å²) in [7, 11) is 0. The molecule has 0 bridgehead atoms. The zero-order valence-corrected chi connectivity index (χ0v) is 12.9. The molecule has 1 aromatic heterocycles. The molecule has 1 aromatic rings. The Balaban J connectivity index is 2.37. The topological polar surface area (TPSA) is 12.9 Å². The first-order valence-electron chi connectivity index (χ1n) is 6.67. The van der Waals surface area contributed by atoms with Crippen LogP contribution in [0.25, 0.3) is 0 Å². The first kappa shape index (κ1) is 15.7. The third-order valence-corrected chi connectivity index (χ3v) is 5.28. The van der Waals surface area contributed by atoms with E-state index >= 15 is 0 Å². The number of hydrogen-bond donors (Lipinski definition) is 0. The quantitative estimate of drug-likeness (QED) is 0.549. The molecule has 0 aromatic carbocycles. The summed E-state index contributed by atoms with van der Waals surface area (Å²) in [5.41, 5.74) is -0.00895. The molecule has 0 spiro atoms. The second-order valence-corrected chi connectivity index (χ2v) is 7.34. The lowest BCUT2D eigenvalue weighted by Gasteiger charge is -2.35. The van der Waals surface area contributed by atoms with Crippen LogP contribution in [-0.2, 0) is 6.18 Å². The van der Waals surface area contributed by atoms with Gasteiger partial charge in [-0.2, -0.15) is 13.2 Å². The molecular formula is C14H18BClF3N. The maximum absolute atomic E-state index is 12.9. The summed E-state index contributed by atoms with van der Waals surface area (Å²) in [6.45, 7) is 8.77. The summed E-state index contributed by atoms with van der Waals surface area (Å²) in [5.74, 6) is 0. The van der Waals surface area contributed by atoms with Gasteiger partial charge in [-0.15, -0.1) is 0 Å². The van der Waals surface area contributed by atoms with E-state index in [1.807, 2.05) is 0 Å². The molecule has 0 unspecified atom stereocenters. The number of halogens is 4. The van der Waals surface area contributed by atoms with Crippen LogP contribution in [0.2, 0.25) is 17.8 Å². The van der Waals surface area contributed by atoms with Crippen molar-refractivity contribution in [1.29, 1.82) is 0 Å². The summed E-state index contributed by atoms with van der Waals surface area (Å²) in [5, 5.41) is -0.474. The average Bonchev–Trinajstić information content (AvgIpc) is 2.47. The minimum Gasteiger partial charge on any atom is -0.244 e. The second kappa shape index (κ2) is 4.65. The van der Waals surface area contributed by atoms with Gasteiger partial charge in [-0.1, -0.05) is 63.5 Å². The first-order valence-corrected chi connectivity index (χ1v) is 7.04. The van der Waals surface area contributed by atoms with E-state index in [0.717, 1.165) is 18.7 Å². The molecule has 0 radical (unpaired) electrons. The summed E-state index contributed by atoms with van der Waals surface area (Å²) in [6.07, 6.45) is -1.25. The molecule has 0 saturated carbocycles. The van der Waals surface area contributed by atoms with E-state index in [9.17, 15) is 13.2 Å². The van der Waals surface area contributed by atoms with Crippen molar-refractivity contribution < 1.29 is 13.2 Å². The van der Waals surface area contributed by atoms with Crippen LogP contribution in [0.4, 0.5) is 13.2 Å². The SMILES string of the molecule is CC1(C)CB(c2cnc(Cl)c(C(F)(F)F)c2)CC1(C)C. The molecule has 2 heterocycles. The lowest BCUT2D eigenvalue weighted by Crippen LogP contribution is -2.30. The number of nitrogens with zero attached hydrogens (tertiary/aromatic N) is 1. The van der Waals surface area contributed by atoms with Crippen LogP contribution in [-0.4, -0.2) is 11.7 Å². The molecule has 2 rings (SSSR count). The summed E-state index contributed by atoms with van der Waals surface area (Å²) in [6, 6.07) is 1.16. The Hall–Kier alpha value is -0.705. The molecule has 1 saturated heterocycles. The number of alkyl halides is 3. The first-order chi connectivity index (χ1) is 8.94. The molecule has 20 heavy (non-hydrogen) atoms. The van der Waals surface area contributed by atoms with Gasteiger partial charge in [-0.3, -0.25) is 0 Å². The van der Waals surface area contributed by atoms with E-state index in [4.69, 9.17) is 11.6 Å². The van der Waals surface area contributed by atoms with Crippen molar-refractivity contribution >= 4 is 23.8 Å². The zero-order valence-electron chi connectivity index (χ0n) is 12.1. The second-order valence-electron chi connectivity index (χ2n) is 6.98. The molecule has 0 aliphatic carbocycles. The van der Waals surface area contributed by atoms with Crippen molar-refractivity contribution in [2.45, 2.75) is 46.5 Å². The lowest BCUT2D eigenvalue weighted by molar-refractivity contribution is -0.137. The van der Waals surface area contributed by atoms with Crippen LogP contribution in [0, 0.1) is 10.8 Å². The molecule has 0 atom stereocenters. The minimum atomic E-state index is -4.45. The molecule has 6 heteroatoms. The maximum Gasteiger partial charge on any atom is 0.419 e. The van der Waals surface area contributed by atoms with Gasteiger partial charge in [0.25, 0.3) is 0 Å². The van der Waals surface area contributed by atoms with Gasteiger partial charge in [0.15, 0.2) is 6.71 Å². The van der Waals surface area contributed by atoms with Gasteiger partial charge in [-0.25, -0.2) is 4.98 Å². The van der Waals surface area contributed by atoms with E-state index in [1.165, 1.54) is 6.20 Å². The molecule has 1 aliphatic rings. The van der Waals surface area contributed by atoms with Gasteiger partial charge in [0.1, 0.15) is 5.15 Å². The zero-order chi connectivity index (χ0) is 15.3. The predicted octanol–water partition coefficient (Wildman–Crippen LogP) is 4.52. The fourth-order valence-corrected chi connectivity index (χ4v) is 3.19. The Morgan fingerprint density at radius 1 is 1.15 bits per heavy atom. The Morgan fingerprint density at radius 2 is 1.65 bits per heavy atom. The van der Waals surface area contributed by atoms with E-state index < -0.39 is 16.9 Å². The third kappa shape index (κ3) is 2.69. The van der Waals surface area contributed by atoms with Crippen LogP contribution in [0.3, 0.4) is 0 Å². The lowest BCUT2D eigenvalue weighted by atomic mass is 9.42. The van der Waals surface area contributed by atoms with Crippen molar-refractivity contribution in [2.75, 3.05) is 0 Å². The number of pyridine rings is 1. The summed E-state index contributed by atoms with van der Waals surface area (Å²) >= 11 is 5.57. The maximum atomic E-state index is 12.9. The third-order valence-electron chi connectivity index (χ3n) is 4.98. The Morgan fingerprint density at radius 3 is 2.10 bits per heavy atom. The van der Waals surface area contributed by atoms with Crippen LogP contribution < -0.4 is 5.46 Å². The van der Waals surface area contributed by atoms with Crippen molar-refractivity contribution in [2.24, 2.45) is 10.8 Å². The van der Waals surface area contributed by atoms with Crippen LogP contribution in [0.1, 0.15) is 33.3 Å². The molecule has 1 aliphatic heterocycles. The highest BCUT2D eigenvalue weighted by molar-refractivity contribution is 6.74. The van der Waals surface area contributed by atoms with Crippen LogP contribution >= 0.6 is 11.6 Å². The van der Waals surface area contributed by atoms with Crippen molar-refractivity contribution in [1.82, 2.24) is 4.98 Å². The van der Waals surface area contributed by atoms with E-state index in [0.29, 0.717) is 5.46 Å². The Labute approximate surface area is 123 Å². The highest BCUT2D eigenvalue weighted by Crippen LogP contribution is 2.52. The van der Waals surface area contributed by atoms with Crippen LogP contribution in [0.5, 0.6) is 0 Å². The van der Waals surface area contributed by atoms with Gasteiger partial charge < -0.3 is 0 Å². The van der Waals surface area contributed by atoms with Gasteiger partial charge >= 0.3 is 6.18 Å². The molecule has 0 amide bonds. The normalized spacial score (nSPS) is 21.3. The molecule has 110 valence electrons. The fraction of sp³-hybridized carbons (Fsp3) is 0.643. The largest absolute Gasteiger partial charge is 0.419 e. The minimum absolute atomic E-state index is 0.0930. The van der Waals surface area contributed by atoms with Crippen molar-refractivity contribution in [3.8, 4) is 0 Å². The molecule has 1 fully saturated rings. The van der Waals surface area contributed by atoms with E-state index in [2.05, 4.69) is 32.7 Å². The van der Waals surface area contributed by atoms with Gasteiger partial charge in [0.05, 0.1) is 5.56 Å². The number of hydrogen-bond acceptors (Lipinski definition) is 1. The standard InChI is InChI=1S/C14H18BClF3N/c1-12(2)7-15(8-13(12,3)4)9-5-10(14(17,18)19)11(16)20-6-9/h5-6H,7-8H2,1-4H3. The monoisotopic (exact) mass is 303 g/mol. The summed E-state index contributed by atoms with van der Waals surface area (Å²) in [4.78, 5) is 3.73. The highest BCUT2D eigenvalue weighted by Gasteiger charge is 2.48. The molecular weight excluding hydrogens is 285 g/mol. The fourth-order valence-electron chi connectivity index (χ4n) is 2.98. The average molecular weight is 304 g/mol. The van der Waals surface area contributed by atoms with Crippen LogP contribution in [0.15, 0.2) is 12.3 Å². The van der Waals surface area contributed by atoms with Crippen molar-refractivity contribution in [3.05, 3.63) is 23.0 Å². The van der Waals surface area contributed by atoms with Gasteiger partial charge in [0, 0.05) is 6.20 Å². The number of aromatic nitrogens is 1. The summed E-state index contributed by atoms with van der Waals surface area (Å²) < 4.78 is 38.7. The molecule has 0 N–H and O–H groups in total. The number of rotatable bonds is 1. The van der Waals surface area contributed by atoms with Gasteiger partial charge in [-0.05, 0) is 10.8 Å². The molecule has 1 nitrogen and oxygen atoms in total.